The van der Waals surface area contributed by atoms with Crippen molar-refractivity contribution < 1.29 is 19.8 Å². The maximum Gasteiger partial charge on any atom is 0.334 e. The highest BCUT2D eigenvalue weighted by Gasteiger charge is 2.26. The fourth-order valence-corrected chi connectivity index (χ4v) is 4.10. The minimum absolute atomic E-state index is 0.0494. The lowest BCUT2D eigenvalue weighted by atomic mass is 9.85. The Kier molecular flexibility index (Phi) is 5.64. The number of benzene rings is 2. The number of fused-ring (bicyclic) bond motifs is 2. The SMILES string of the molecule is CC(C)(C)c1ccc2c(c1)CC[C@H]2NC(=O)Nc1cccc2nn(CC(O)C(=O)O)cc12. The van der Waals surface area contributed by atoms with Gasteiger partial charge in [0.2, 0.25) is 0 Å². The first-order valence-corrected chi connectivity index (χ1v) is 10.7. The van der Waals surface area contributed by atoms with E-state index < -0.39 is 12.1 Å². The average molecular weight is 437 g/mol. The van der Waals surface area contributed by atoms with Crippen molar-refractivity contribution in [2.75, 3.05) is 5.32 Å². The van der Waals surface area contributed by atoms with E-state index in [2.05, 4.69) is 54.7 Å². The Morgan fingerprint density at radius 2 is 2.03 bits per heavy atom. The number of aliphatic hydroxyl groups is 1. The van der Waals surface area contributed by atoms with Gasteiger partial charge in [0.25, 0.3) is 0 Å². The quantitative estimate of drug-likeness (QED) is 0.488. The van der Waals surface area contributed by atoms with Gasteiger partial charge in [-0.1, -0.05) is 45.0 Å². The zero-order valence-electron chi connectivity index (χ0n) is 18.4. The predicted octanol–water partition coefficient (Wildman–Crippen LogP) is 3.59. The van der Waals surface area contributed by atoms with Crippen LogP contribution in [0, 0.1) is 0 Å². The molecule has 32 heavy (non-hydrogen) atoms. The van der Waals surface area contributed by atoms with Crippen molar-refractivity contribution in [1.82, 2.24) is 15.1 Å². The number of carboxylic acid groups (broad SMARTS) is 1. The number of aryl methyl sites for hydroxylation is 1. The molecule has 8 nitrogen and oxygen atoms in total. The summed E-state index contributed by atoms with van der Waals surface area (Å²) >= 11 is 0. The number of hydrogen-bond donors (Lipinski definition) is 4. The molecule has 0 saturated heterocycles. The van der Waals surface area contributed by atoms with Crippen molar-refractivity contribution in [3.63, 3.8) is 0 Å². The van der Waals surface area contributed by atoms with Gasteiger partial charge in [0.05, 0.1) is 23.8 Å². The number of urea groups is 1. The summed E-state index contributed by atoms with van der Waals surface area (Å²) in [6.45, 7) is 6.40. The molecule has 0 bridgehead atoms. The number of carboxylic acids is 1. The van der Waals surface area contributed by atoms with Crippen LogP contribution in [0.4, 0.5) is 10.5 Å². The van der Waals surface area contributed by atoms with E-state index in [9.17, 15) is 14.7 Å². The maximum absolute atomic E-state index is 12.8. The minimum atomic E-state index is -1.55. The zero-order valence-corrected chi connectivity index (χ0v) is 18.4. The van der Waals surface area contributed by atoms with Gasteiger partial charge in [0.15, 0.2) is 6.10 Å². The summed E-state index contributed by atoms with van der Waals surface area (Å²) in [5.74, 6) is -1.31. The molecule has 0 radical (unpaired) electrons. The minimum Gasteiger partial charge on any atom is -0.479 e. The molecule has 0 saturated carbocycles. The third-order valence-corrected chi connectivity index (χ3v) is 5.88. The number of aromatic nitrogens is 2. The molecular formula is C24H28N4O4. The van der Waals surface area contributed by atoms with E-state index >= 15 is 0 Å². The molecule has 3 aromatic rings. The van der Waals surface area contributed by atoms with E-state index in [4.69, 9.17) is 5.11 Å². The molecule has 0 spiro atoms. The second-order valence-corrected chi connectivity index (χ2v) is 9.30. The van der Waals surface area contributed by atoms with E-state index in [-0.39, 0.29) is 24.0 Å². The Hall–Kier alpha value is -3.39. The first-order valence-electron chi connectivity index (χ1n) is 10.7. The number of aliphatic carboxylic acids is 1. The fourth-order valence-electron chi connectivity index (χ4n) is 4.10. The topological polar surface area (TPSA) is 116 Å². The van der Waals surface area contributed by atoms with Crippen molar-refractivity contribution in [3.8, 4) is 0 Å². The molecule has 4 N–H and O–H groups in total. The number of aliphatic hydroxyl groups excluding tert-OH is 1. The maximum atomic E-state index is 12.8. The van der Waals surface area contributed by atoms with Crippen LogP contribution in [0.3, 0.4) is 0 Å². The van der Waals surface area contributed by atoms with E-state index in [1.165, 1.54) is 15.8 Å². The largest absolute Gasteiger partial charge is 0.479 e. The Morgan fingerprint density at radius 3 is 2.75 bits per heavy atom. The third-order valence-electron chi connectivity index (χ3n) is 5.88. The fraction of sp³-hybridized carbons (Fsp3) is 0.375. The highest BCUT2D eigenvalue weighted by molar-refractivity contribution is 6.00. The molecule has 1 aliphatic rings. The second-order valence-electron chi connectivity index (χ2n) is 9.30. The number of hydrogen-bond acceptors (Lipinski definition) is 4. The Bertz CT molecular complexity index is 1180. The van der Waals surface area contributed by atoms with Crippen molar-refractivity contribution in [2.24, 2.45) is 0 Å². The smallest absolute Gasteiger partial charge is 0.334 e. The average Bonchev–Trinajstić information content (AvgIpc) is 3.31. The van der Waals surface area contributed by atoms with E-state index in [1.807, 2.05) is 0 Å². The number of nitrogens with zero attached hydrogens (tertiary/aromatic N) is 2. The summed E-state index contributed by atoms with van der Waals surface area (Å²) in [4.78, 5) is 23.6. The highest BCUT2D eigenvalue weighted by Crippen LogP contribution is 2.34. The highest BCUT2D eigenvalue weighted by atomic mass is 16.4. The number of amides is 2. The van der Waals surface area contributed by atoms with Crippen LogP contribution in [0.2, 0.25) is 0 Å². The first kappa shape index (κ1) is 21.8. The van der Waals surface area contributed by atoms with Crippen molar-refractivity contribution in [3.05, 3.63) is 59.3 Å². The van der Waals surface area contributed by atoms with Crippen LogP contribution >= 0.6 is 0 Å². The molecule has 0 fully saturated rings. The molecule has 8 heteroatoms. The lowest BCUT2D eigenvalue weighted by Gasteiger charge is -2.21. The Morgan fingerprint density at radius 1 is 1.25 bits per heavy atom. The van der Waals surface area contributed by atoms with Gasteiger partial charge in [0, 0.05) is 11.6 Å². The number of anilines is 1. The van der Waals surface area contributed by atoms with Gasteiger partial charge in [-0.25, -0.2) is 9.59 Å². The van der Waals surface area contributed by atoms with Gasteiger partial charge in [-0.15, -0.1) is 0 Å². The van der Waals surface area contributed by atoms with E-state index in [0.717, 1.165) is 18.4 Å². The van der Waals surface area contributed by atoms with Gasteiger partial charge in [-0.05, 0) is 47.1 Å². The summed E-state index contributed by atoms with van der Waals surface area (Å²) in [6, 6.07) is 11.4. The number of carbonyl (C=O) groups is 2. The van der Waals surface area contributed by atoms with Gasteiger partial charge < -0.3 is 20.8 Å². The standard InChI is InChI=1S/C24H28N4O4/c1-24(2,3)15-8-9-16-14(11-15)7-10-19(16)26-23(32)25-18-5-4-6-20-17(18)12-28(27-20)13-21(29)22(30)31/h4-6,8-9,11-12,19,21,29H,7,10,13H2,1-3H3,(H,30,31)(H2,25,26,32)/t19-,21?/m1/s1. The molecule has 1 aliphatic carbocycles. The lowest BCUT2D eigenvalue weighted by molar-refractivity contribution is -0.147. The number of rotatable bonds is 5. The molecule has 168 valence electrons. The van der Waals surface area contributed by atoms with Gasteiger partial charge in [0.1, 0.15) is 0 Å². The summed E-state index contributed by atoms with van der Waals surface area (Å²) in [5.41, 5.74) is 4.98. The van der Waals surface area contributed by atoms with Crippen LogP contribution in [0.15, 0.2) is 42.6 Å². The lowest BCUT2D eigenvalue weighted by Crippen LogP contribution is -2.31. The van der Waals surface area contributed by atoms with Gasteiger partial charge in [-0.3, -0.25) is 4.68 Å². The van der Waals surface area contributed by atoms with Crippen LogP contribution in [-0.2, 0) is 23.2 Å². The summed E-state index contributed by atoms with van der Waals surface area (Å²) < 4.78 is 1.37. The molecule has 4 rings (SSSR count). The summed E-state index contributed by atoms with van der Waals surface area (Å²) in [6.07, 6.45) is 1.85. The molecule has 1 heterocycles. The molecule has 1 unspecified atom stereocenters. The number of carbonyl (C=O) groups excluding carboxylic acids is 1. The zero-order chi connectivity index (χ0) is 23.0. The first-order chi connectivity index (χ1) is 15.1. The summed E-state index contributed by atoms with van der Waals surface area (Å²) in [7, 11) is 0. The molecule has 1 aromatic heterocycles. The van der Waals surface area contributed by atoms with Crippen LogP contribution in [0.5, 0.6) is 0 Å². The van der Waals surface area contributed by atoms with Gasteiger partial charge in [-0.2, -0.15) is 5.10 Å². The van der Waals surface area contributed by atoms with E-state index in [1.54, 1.807) is 24.4 Å². The molecule has 0 aliphatic heterocycles. The van der Waals surface area contributed by atoms with Crippen molar-refractivity contribution >= 4 is 28.6 Å². The van der Waals surface area contributed by atoms with Crippen LogP contribution in [0.1, 0.15) is 49.9 Å². The van der Waals surface area contributed by atoms with Crippen LogP contribution < -0.4 is 10.6 Å². The summed E-state index contributed by atoms with van der Waals surface area (Å²) in [5, 5.41) is 29.4. The van der Waals surface area contributed by atoms with Crippen molar-refractivity contribution in [1.29, 1.82) is 0 Å². The molecule has 2 amide bonds. The molecular weight excluding hydrogens is 408 g/mol. The Balaban J connectivity index is 1.47. The predicted molar refractivity (Wildman–Crippen MR) is 122 cm³/mol. The van der Waals surface area contributed by atoms with Crippen LogP contribution in [-0.4, -0.2) is 38.1 Å². The number of nitrogens with one attached hydrogen (secondary N) is 2. The van der Waals surface area contributed by atoms with E-state index in [0.29, 0.717) is 16.6 Å². The third kappa shape index (κ3) is 4.45. The Labute approximate surface area is 186 Å². The molecule has 2 aromatic carbocycles. The molecule has 2 atom stereocenters. The monoisotopic (exact) mass is 436 g/mol. The second kappa shape index (κ2) is 8.27. The van der Waals surface area contributed by atoms with Crippen molar-refractivity contribution in [2.45, 2.75) is 57.7 Å². The van der Waals surface area contributed by atoms with Crippen LogP contribution in [0.25, 0.3) is 10.9 Å². The normalized spacial score (nSPS) is 16.6. The van der Waals surface area contributed by atoms with Gasteiger partial charge >= 0.3 is 12.0 Å².